The molecule has 0 radical (unpaired) electrons. The predicted molar refractivity (Wildman–Crippen MR) is 81.1 cm³/mol. The number of halogens is 3. The average molecular weight is 319 g/mol. The first-order chi connectivity index (χ1) is 10.9. The van der Waals surface area contributed by atoms with Crippen LogP contribution in [-0.4, -0.2) is 15.2 Å². The molecule has 0 saturated heterocycles. The molecule has 3 rings (SSSR count). The molecule has 23 heavy (non-hydrogen) atoms. The number of anilines is 2. The fourth-order valence-corrected chi connectivity index (χ4v) is 2.15. The van der Waals surface area contributed by atoms with Crippen LogP contribution in [0.4, 0.5) is 24.5 Å². The number of benzene rings is 2. The maximum atomic E-state index is 12.8. The van der Waals surface area contributed by atoms with Gasteiger partial charge in [0, 0.05) is 22.5 Å². The van der Waals surface area contributed by atoms with Crippen molar-refractivity contribution in [3.8, 4) is 22.8 Å². The first-order valence-electron chi connectivity index (χ1n) is 6.61. The van der Waals surface area contributed by atoms with E-state index in [0.29, 0.717) is 17.1 Å². The lowest BCUT2D eigenvalue weighted by Crippen LogP contribution is -2.06. The van der Waals surface area contributed by atoms with E-state index in [-0.39, 0.29) is 17.1 Å². The van der Waals surface area contributed by atoms with Crippen molar-refractivity contribution in [3.63, 3.8) is 0 Å². The topological polar surface area (TPSA) is 93.6 Å². The van der Waals surface area contributed by atoms with E-state index in [9.17, 15) is 13.2 Å². The van der Waals surface area contributed by atoms with Crippen molar-refractivity contribution < 1.29 is 13.2 Å². The van der Waals surface area contributed by atoms with Crippen LogP contribution >= 0.6 is 0 Å². The maximum absolute atomic E-state index is 12.8. The summed E-state index contributed by atoms with van der Waals surface area (Å²) >= 11 is 0. The Hall–Kier alpha value is -3.03. The van der Waals surface area contributed by atoms with Crippen LogP contribution in [0, 0.1) is 0 Å². The summed E-state index contributed by atoms with van der Waals surface area (Å²) in [5, 5.41) is 7.81. The number of hydrogen-bond donors (Lipinski definition) is 3. The molecule has 0 amide bonds. The highest BCUT2D eigenvalue weighted by molar-refractivity contribution is 5.76. The Labute approximate surface area is 129 Å². The van der Waals surface area contributed by atoms with Crippen LogP contribution in [0.3, 0.4) is 0 Å². The number of H-pyrrole nitrogens is 1. The number of hydrogen-bond acceptors (Lipinski definition) is 4. The second-order valence-electron chi connectivity index (χ2n) is 4.91. The molecule has 8 heteroatoms. The van der Waals surface area contributed by atoms with Crippen LogP contribution in [0.1, 0.15) is 5.56 Å². The van der Waals surface area contributed by atoms with Gasteiger partial charge in [-0.1, -0.05) is 12.1 Å². The number of nitrogens with zero attached hydrogens (tertiary/aromatic N) is 2. The number of rotatable bonds is 2. The molecule has 5 N–H and O–H groups in total. The summed E-state index contributed by atoms with van der Waals surface area (Å²) in [7, 11) is 0. The minimum absolute atomic E-state index is 0.132. The molecule has 2 aromatic carbocycles. The smallest absolute Gasteiger partial charge is 0.398 e. The maximum Gasteiger partial charge on any atom is 0.416 e. The van der Waals surface area contributed by atoms with Gasteiger partial charge >= 0.3 is 6.18 Å². The van der Waals surface area contributed by atoms with E-state index in [2.05, 4.69) is 15.2 Å². The van der Waals surface area contributed by atoms with Crippen molar-refractivity contribution in [2.75, 3.05) is 11.5 Å². The van der Waals surface area contributed by atoms with Gasteiger partial charge in [-0.25, -0.2) is 0 Å². The summed E-state index contributed by atoms with van der Waals surface area (Å²) in [5.41, 5.74) is 12.2. The largest absolute Gasteiger partial charge is 0.416 e. The summed E-state index contributed by atoms with van der Waals surface area (Å²) in [4.78, 5) is 2.86. The summed E-state index contributed by atoms with van der Waals surface area (Å²) in [6.45, 7) is 0. The number of nitrogens with one attached hydrogen (secondary N) is 1. The molecule has 0 aliphatic heterocycles. The molecule has 0 aliphatic rings. The van der Waals surface area contributed by atoms with Gasteiger partial charge in [-0.05, 0) is 30.3 Å². The molecule has 0 spiro atoms. The molecule has 0 unspecified atom stereocenters. The number of nitrogen functional groups attached to an aromatic ring is 2. The van der Waals surface area contributed by atoms with Gasteiger partial charge in [0.25, 0.3) is 0 Å². The predicted octanol–water partition coefficient (Wildman–Crippen LogP) is 3.32. The molecule has 118 valence electrons. The molecule has 0 bridgehead atoms. The minimum Gasteiger partial charge on any atom is -0.398 e. The van der Waals surface area contributed by atoms with Crippen LogP contribution in [0.15, 0.2) is 42.5 Å². The summed E-state index contributed by atoms with van der Waals surface area (Å²) < 4.78 is 38.5. The van der Waals surface area contributed by atoms with Gasteiger partial charge in [-0.3, -0.25) is 0 Å². The highest BCUT2D eigenvalue weighted by atomic mass is 19.4. The Bertz CT molecular complexity index is 854. The van der Waals surface area contributed by atoms with E-state index >= 15 is 0 Å². The van der Waals surface area contributed by atoms with Crippen molar-refractivity contribution in [3.05, 3.63) is 48.0 Å². The molecule has 0 fully saturated rings. The van der Waals surface area contributed by atoms with Gasteiger partial charge in [0.2, 0.25) is 0 Å². The standard InChI is InChI=1S/C15H12F3N5/c16-15(17,18)8-5-6-12(20)10(7-8)14-21-13(22-23-14)9-3-1-2-4-11(9)19/h1-7H,19-20H2,(H,21,22,23). The Morgan fingerprint density at radius 3 is 2.09 bits per heavy atom. The van der Waals surface area contributed by atoms with E-state index in [0.717, 1.165) is 12.1 Å². The van der Waals surface area contributed by atoms with Crippen LogP contribution in [0.25, 0.3) is 22.8 Å². The zero-order chi connectivity index (χ0) is 16.6. The van der Waals surface area contributed by atoms with E-state index in [1.807, 2.05) is 0 Å². The lowest BCUT2D eigenvalue weighted by molar-refractivity contribution is -0.137. The number of aromatic amines is 1. The SMILES string of the molecule is Nc1ccccc1-c1nnc(-c2cc(C(F)(F)F)ccc2N)[nH]1. The van der Waals surface area contributed by atoms with Crippen LogP contribution in [0.2, 0.25) is 0 Å². The Morgan fingerprint density at radius 2 is 1.43 bits per heavy atom. The molecule has 0 saturated carbocycles. The van der Waals surface area contributed by atoms with E-state index in [1.165, 1.54) is 6.07 Å². The Morgan fingerprint density at radius 1 is 0.826 bits per heavy atom. The molecule has 1 heterocycles. The fourth-order valence-electron chi connectivity index (χ4n) is 2.15. The molecular weight excluding hydrogens is 307 g/mol. The Balaban J connectivity index is 2.06. The second-order valence-corrected chi connectivity index (χ2v) is 4.91. The third kappa shape index (κ3) is 2.83. The molecule has 0 aliphatic carbocycles. The summed E-state index contributed by atoms with van der Waals surface area (Å²) in [6.07, 6.45) is -4.46. The summed E-state index contributed by atoms with van der Waals surface area (Å²) in [6, 6.07) is 10.0. The minimum atomic E-state index is -4.46. The van der Waals surface area contributed by atoms with Crippen LogP contribution < -0.4 is 11.5 Å². The van der Waals surface area contributed by atoms with Gasteiger partial charge in [0.1, 0.15) is 0 Å². The first-order valence-corrected chi connectivity index (χ1v) is 6.61. The highest BCUT2D eigenvalue weighted by Crippen LogP contribution is 2.34. The van der Waals surface area contributed by atoms with Crippen molar-refractivity contribution >= 4 is 11.4 Å². The van der Waals surface area contributed by atoms with Crippen molar-refractivity contribution in [2.45, 2.75) is 6.18 Å². The number of alkyl halides is 3. The third-order valence-corrected chi connectivity index (χ3v) is 3.34. The number of para-hydroxylation sites is 1. The fraction of sp³-hybridized carbons (Fsp3) is 0.0667. The lowest BCUT2D eigenvalue weighted by Gasteiger charge is -2.09. The molecule has 3 aromatic rings. The highest BCUT2D eigenvalue weighted by Gasteiger charge is 2.31. The van der Waals surface area contributed by atoms with Crippen molar-refractivity contribution in [1.82, 2.24) is 15.2 Å². The van der Waals surface area contributed by atoms with Gasteiger partial charge in [0.05, 0.1) is 5.56 Å². The zero-order valence-electron chi connectivity index (χ0n) is 11.7. The third-order valence-electron chi connectivity index (χ3n) is 3.34. The van der Waals surface area contributed by atoms with Gasteiger partial charge in [0.15, 0.2) is 11.6 Å². The van der Waals surface area contributed by atoms with Crippen molar-refractivity contribution in [1.29, 1.82) is 0 Å². The monoisotopic (exact) mass is 319 g/mol. The van der Waals surface area contributed by atoms with Crippen molar-refractivity contribution in [2.24, 2.45) is 0 Å². The van der Waals surface area contributed by atoms with Gasteiger partial charge in [-0.2, -0.15) is 13.2 Å². The average Bonchev–Trinajstić information content (AvgIpc) is 2.96. The second kappa shape index (κ2) is 5.31. The van der Waals surface area contributed by atoms with Gasteiger partial charge in [-0.15, -0.1) is 10.2 Å². The first kappa shape index (κ1) is 14.9. The van der Waals surface area contributed by atoms with Crippen LogP contribution in [-0.2, 0) is 6.18 Å². The number of aromatic nitrogens is 3. The molecule has 0 atom stereocenters. The lowest BCUT2D eigenvalue weighted by atomic mass is 10.1. The quantitative estimate of drug-likeness (QED) is 0.632. The van der Waals surface area contributed by atoms with E-state index < -0.39 is 11.7 Å². The normalized spacial score (nSPS) is 11.6. The zero-order valence-corrected chi connectivity index (χ0v) is 11.7. The molecular formula is C15H12F3N5. The molecule has 5 nitrogen and oxygen atoms in total. The molecule has 1 aromatic heterocycles. The van der Waals surface area contributed by atoms with E-state index in [1.54, 1.807) is 24.3 Å². The van der Waals surface area contributed by atoms with Crippen LogP contribution in [0.5, 0.6) is 0 Å². The summed E-state index contributed by atoms with van der Waals surface area (Å²) in [5.74, 6) is 0.502. The van der Waals surface area contributed by atoms with Gasteiger partial charge < -0.3 is 16.5 Å². The van der Waals surface area contributed by atoms with E-state index in [4.69, 9.17) is 11.5 Å². The Kier molecular flexibility index (Phi) is 3.44. The number of nitrogens with two attached hydrogens (primary N) is 2.